The fourth-order valence-corrected chi connectivity index (χ4v) is 2.08. The van der Waals surface area contributed by atoms with E-state index >= 15 is 0 Å². The minimum atomic E-state index is 0.629. The van der Waals surface area contributed by atoms with Gasteiger partial charge in [-0.25, -0.2) is 4.98 Å². The Morgan fingerprint density at radius 1 is 1.33 bits per heavy atom. The first-order valence-corrected chi connectivity index (χ1v) is 6.75. The average Bonchev–Trinajstić information content (AvgIpc) is 2.90. The predicted octanol–water partition coefficient (Wildman–Crippen LogP) is 1.06. The van der Waals surface area contributed by atoms with Gasteiger partial charge in [-0.15, -0.1) is 0 Å². The summed E-state index contributed by atoms with van der Waals surface area (Å²) in [6, 6.07) is 0. The highest BCUT2D eigenvalue weighted by atomic mass is 16.5. The highest BCUT2D eigenvalue weighted by molar-refractivity contribution is 5.08. The fourth-order valence-electron chi connectivity index (χ4n) is 2.08. The first-order valence-electron chi connectivity index (χ1n) is 6.75. The molecule has 0 atom stereocenters. The topological polar surface area (TPSA) is 50.3 Å². The monoisotopic (exact) mass is 250 g/mol. The summed E-state index contributed by atoms with van der Waals surface area (Å²) < 4.78 is 5.65. The molecule has 0 saturated carbocycles. The normalized spacial score (nSPS) is 16.1. The van der Waals surface area contributed by atoms with Crippen LogP contribution in [0.1, 0.15) is 25.5 Å². The van der Waals surface area contributed by atoms with Crippen LogP contribution in [0.3, 0.4) is 0 Å². The maximum atomic E-state index is 5.65. The largest absolute Gasteiger partial charge is 0.475 e. The number of hydrogen-bond acceptors (Lipinski definition) is 5. The Morgan fingerprint density at radius 2 is 2.17 bits per heavy atom. The zero-order valence-corrected chi connectivity index (χ0v) is 11.1. The number of ether oxygens (including phenoxy) is 1. The molecule has 5 nitrogen and oxygen atoms in total. The Labute approximate surface area is 109 Å². The van der Waals surface area contributed by atoms with Crippen molar-refractivity contribution in [3.63, 3.8) is 0 Å². The maximum Gasteiger partial charge on any atom is 0.232 e. The van der Waals surface area contributed by atoms with Crippen LogP contribution >= 0.6 is 0 Å². The Kier molecular flexibility index (Phi) is 5.36. The molecule has 0 spiro atoms. The highest BCUT2D eigenvalue weighted by Gasteiger charge is 2.10. The summed E-state index contributed by atoms with van der Waals surface area (Å²) in [5.41, 5.74) is 0.926. The predicted molar refractivity (Wildman–Crippen MR) is 70.6 cm³/mol. The van der Waals surface area contributed by atoms with Gasteiger partial charge in [0.1, 0.15) is 6.61 Å². The van der Waals surface area contributed by atoms with Crippen LogP contribution in [0.5, 0.6) is 5.88 Å². The molecule has 1 aliphatic heterocycles. The number of likely N-dealkylation sites (tertiary alicyclic amines) is 1. The minimum absolute atomic E-state index is 0.629. The first kappa shape index (κ1) is 13.2. The fraction of sp³-hybridized carbons (Fsp3) is 0.692. The third kappa shape index (κ3) is 4.23. The Balaban J connectivity index is 1.74. The summed E-state index contributed by atoms with van der Waals surface area (Å²) >= 11 is 0. The van der Waals surface area contributed by atoms with Crippen molar-refractivity contribution in [2.75, 3.05) is 32.8 Å². The lowest BCUT2D eigenvalue weighted by molar-refractivity contribution is 0.231. The smallest absolute Gasteiger partial charge is 0.232 e. The summed E-state index contributed by atoms with van der Waals surface area (Å²) in [5, 5.41) is 3.23. The van der Waals surface area contributed by atoms with Gasteiger partial charge < -0.3 is 10.1 Å². The van der Waals surface area contributed by atoms with Gasteiger partial charge in [0.2, 0.25) is 5.88 Å². The summed E-state index contributed by atoms with van der Waals surface area (Å²) in [6.07, 6.45) is 6.09. The van der Waals surface area contributed by atoms with Crippen molar-refractivity contribution >= 4 is 0 Å². The standard InChI is InChI=1S/C13H22N4O/c1-2-14-9-12-10-15-11-13(16-12)18-8-7-17-5-3-4-6-17/h10-11,14H,2-9H2,1H3. The van der Waals surface area contributed by atoms with E-state index in [4.69, 9.17) is 4.74 Å². The van der Waals surface area contributed by atoms with E-state index in [0.29, 0.717) is 12.5 Å². The number of nitrogens with one attached hydrogen (secondary N) is 1. The molecule has 1 fully saturated rings. The van der Waals surface area contributed by atoms with Gasteiger partial charge in [0.15, 0.2) is 0 Å². The zero-order valence-electron chi connectivity index (χ0n) is 11.1. The van der Waals surface area contributed by atoms with E-state index in [1.165, 1.54) is 25.9 Å². The molecule has 2 heterocycles. The van der Waals surface area contributed by atoms with Crippen molar-refractivity contribution in [3.05, 3.63) is 18.1 Å². The second kappa shape index (κ2) is 7.28. The Bertz CT molecular complexity index is 353. The van der Waals surface area contributed by atoms with Gasteiger partial charge in [-0.1, -0.05) is 6.92 Å². The van der Waals surface area contributed by atoms with Gasteiger partial charge in [0.05, 0.1) is 11.9 Å². The van der Waals surface area contributed by atoms with E-state index in [-0.39, 0.29) is 0 Å². The van der Waals surface area contributed by atoms with Gasteiger partial charge >= 0.3 is 0 Å². The molecule has 0 aliphatic carbocycles. The maximum absolute atomic E-state index is 5.65. The van der Waals surface area contributed by atoms with Gasteiger partial charge in [0.25, 0.3) is 0 Å². The van der Waals surface area contributed by atoms with Crippen molar-refractivity contribution in [1.82, 2.24) is 20.2 Å². The lowest BCUT2D eigenvalue weighted by Crippen LogP contribution is -2.25. The van der Waals surface area contributed by atoms with E-state index in [2.05, 4.69) is 27.1 Å². The van der Waals surface area contributed by atoms with Crippen LogP contribution in [0.2, 0.25) is 0 Å². The van der Waals surface area contributed by atoms with Gasteiger partial charge in [-0.05, 0) is 32.5 Å². The first-order chi connectivity index (χ1) is 8.88. The summed E-state index contributed by atoms with van der Waals surface area (Å²) in [4.78, 5) is 11.0. The summed E-state index contributed by atoms with van der Waals surface area (Å²) in [6.45, 7) is 7.84. The third-order valence-corrected chi connectivity index (χ3v) is 3.07. The van der Waals surface area contributed by atoms with Crippen molar-refractivity contribution in [3.8, 4) is 5.88 Å². The van der Waals surface area contributed by atoms with E-state index in [1.54, 1.807) is 12.4 Å². The second-order valence-electron chi connectivity index (χ2n) is 4.53. The van der Waals surface area contributed by atoms with Crippen LogP contribution in [0.4, 0.5) is 0 Å². The molecule has 1 aliphatic rings. The van der Waals surface area contributed by atoms with Crippen LogP contribution < -0.4 is 10.1 Å². The summed E-state index contributed by atoms with van der Waals surface area (Å²) in [5.74, 6) is 0.629. The Hall–Kier alpha value is -1.20. The van der Waals surface area contributed by atoms with Gasteiger partial charge in [-0.2, -0.15) is 0 Å². The van der Waals surface area contributed by atoms with Crippen LogP contribution in [0.15, 0.2) is 12.4 Å². The lowest BCUT2D eigenvalue weighted by atomic mass is 10.4. The third-order valence-electron chi connectivity index (χ3n) is 3.07. The molecule has 0 aromatic carbocycles. The second-order valence-corrected chi connectivity index (χ2v) is 4.53. The van der Waals surface area contributed by atoms with E-state index in [9.17, 15) is 0 Å². The van der Waals surface area contributed by atoms with Crippen molar-refractivity contribution in [1.29, 1.82) is 0 Å². The quantitative estimate of drug-likeness (QED) is 0.784. The molecule has 18 heavy (non-hydrogen) atoms. The molecule has 2 rings (SSSR count). The molecule has 1 aromatic heterocycles. The molecule has 1 N–H and O–H groups in total. The number of nitrogens with zero attached hydrogens (tertiary/aromatic N) is 3. The molecule has 0 radical (unpaired) electrons. The van der Waals surface area contributed by atoms with Crippen molar-refractivity contribution in [2.45, 2.75) is 26.3 Å². The van der Waals surface area contributed by atoms with Gasteiger partial charge in [0, 0.05) is 19.3 Å². The van der Waals surface area contributed by atoms with Crippen molar-refractivity contribution in [2.24, 2.45) is 0 Å². The molecule has 0 amide bonds. The van der Waals surface area contributed by atoms with E-state index in [0.717, 1.165) is 25.3 Å². The molecule has 0 unspecified atom stereocenters. The molecule has 0 bridgehead atoms. The highest BCUT2D eigenvalue weighted by Crippen LogP contribution is 2.08. The van der Waals surface area contributed by atoms with Crippen LogP contribution in [-0.4, -0.2) is 47.7 Å². The summed E-state index contributed by atoms with van der Waals surface area (Å²) in [7, 11) is 0. The van der Waals surface area contributed by atoms with Crippen LogP contribution in [0.25, 0.3) is 0 Å². The van der Waals surface area contributed by atoms with E-state index in [1.807, 2.05) is 0 Å². The molecular weight excluding hydrogens is 228 g/mol. The lowest BCUT2D eigenvalue weighted by Gasteiger charge is -2.14. The minimum Gasteiger partial charge on any atom is -0.475 e. The van der Waals surface area contributed by atoms with Crippen molar-refractivity contribution < 1.29 is 4.74 Å². The van der Waals surface area contributed by atoms with Crippen LogP contribution in [0, 0.1) is 0 Å². The average molecular weight is 250 g/mol. The number of aromatic nitrogens is 2. The molecule has 5 heteroatoms. The number of rotatable bonds is 7. The molecule has 1 saturated heterocycles. The number of hydrogen-bond donors (Lipinski definition) is 1. The molecule has 1 aromatic rings. The zero-order chi connectivity index (χ0) is 12.6. The van der Waals surface area contributed by atoms with Crippen LogP contribution in [-0.2, 0) is 6.54 Å². The molecular formula is C13H22N4O. The Morgan fingerprint density at radius 3 is 2.94 bits per heavy atom. The molecule has 100 valence electrons. The van der Waals surface area contributed by atoms with Gasteiger partial charge in [-0.3, -0.25) is 9.88 Å². The SMILES string of the molecule is CCNCc1cncc(OCCN2CCCC2)n1. The van der Waals surface area contributed by atoms with E-state index < -0.39 is 0 Å².